The number of urea groups is 1. The minimum Gasteiger partial charge on any atom is -0.494 e. The molecule has 1 aromatic rings. The van der Waals surface area contributed by atoms with Crippen molar-refractivity contribution in [3.05, 3.63) is 24.0 Å². The lowest BCUT2D eigenvalue weighted by Crippen LogP contribution is -2.41. The van der Waals surface area contributed by atoms with E-state index in [1.54, 1.807) is 6.07 Å². The second-order valence-corrected chi connectivity index (χ2v) is 5.33. The fraction of sp³-hybridized carbons (Fsp3) is 0.467. The SMILES string of the molecule is COc1ccc(NC(=O)NC2CCC(C(=O)O)CC2)cc1F. The molecule has 0 atom stereocenters. The molecule has 3 N–H and O–H groups in total. The van der Waals surface area contributed by atoms with E-state index in [9.17, 15) is 14.0 Å². The van der Waals surface area contributed by atoms with Crippen LogP contribution < -0.4 is 15.4 Å². The van der Waals surface area contributed by atoms with Gasteiger partial charge in [-0.1, -0.05) is 0 Å². The van der Waals surface area contributed by atoms with Gasteiger partial charge in [0, 0.05) is 17.8 Å². The van der Waals surface area contributed by atoms with Crippen LogP contribution in [0.5, 0.6) is 5.75 Å². The molecule has 1 aliphatic rings. The van der Waals surface area contributed by atoms with Gasteiger partial charge in [0.1, 0.15) is 0 Å². The van der Waals surface area contributed by atoms with Crippen molar-refractivity contribution in [3.63, 3.8) is 0 Å². The van der Waals surface area contributed by atoms with E-state index in [-0.39, 0.29) is 17.7 Å². The molecule has 0 heterocycles. The van der Waals surface area contributed by atoms with Gasteiger partial charge in [0.2, 0.25) is 0 Å². The lowest BCUT2D eigenvalue weighted by Gasteiger charge is -2.26. The summed E-state index contributed by atoms with van der Waals surface area (Å²) in [6.45, 7) is 0. The van der Waals surface area contributed by atoms with Crippen LogP contribution in [-0.4, -0.2) is 30.3 Å². The minimum absolute atomic E-state index is 0.0568. The van der Waals surface area contributed by atoms with Gasteiger partial charge >= 0.3 is 12.0 Å². The van der Waals surface area contributed by atoms with E-state index in [0.29, 0.717) is 31.4 Å². The van der Waals surface area contributed by atoms with Crippen molar-refractivity contribution in [2.24, 2.45) is 5.92 Å². The van der Waals surface area contributed by atoms with Crippen LogP contribution in [0.25, 0.3) is 0 Å². The van der Waals surface area contributed by atoms with Crippen molar-refractivity contribution >= 4 is 17.7 Å². The van der Waals surface area contributed by atoms with Gasteiger partial charge < -0.3 is 20.5 Å². The molecule has 0 radical (unpaired) electrons. The average molecular weight is 310 g/mol. The first-order valence-corrected chi connectivity index (χ1v) is 7.13. The zero-order valence-electron chi connectivity index (χ0n) is 12.3. The third-order valence-electron chi connectivity index (χ3n) is 3.82. The summed E-state index contributed by atoms with van der Waals surface area (Å²) >= 11 is 0. The number of aliphatic carboxylic acids is 1. The molecule has 6 nitrogen and oxygen atoms in total. The second kappa shape index (κ2) is 7.11. The Bertz CT molecular complexity index is 556. The van der Waals surface area contributed by atoms with Crippen LogP contribution in [0.1, 0.15) is 25.7 Å². The Balaban J connectivity index is 1.83. The number of anilines is 1. The topological polar surface area (TPSA) is 87.7 Å². The molecule has 0 spiro atoms. The molecule has 1 saturated carbocycles. The first kappa shape index (κ1) is 16.1. The van der Waals surface area contributed by atoms with Crippen molar-refractivity contribution in [2.45, 2.75) is 31.7 Å². The van der Waals surface area contributed by atoms with Crippen LogP contribution in [0.3, 0.4) is 0 Å². The third kappa shape index (κ3) is 4.09. The molecule has 7 heteroatoms. The average Bonchev–Trinajstić information content (AvgIpc) is 2.48. The Morgan fingerprint density at radius 3 is 2.50 bits per heavy atom. The predicted octanol–water partition coefficient (Wildman–Crippen LogP) is 2.60. The number of rotatable bonds is 4. The Labute approximate surface area is 127 Å². The maximum atomic E-state index is 13.5. The second-order valence-electron chi connectivity index (χ2n) is 5.33. The lowest BCUT2D eigenvalue weighted by atomic mass is 9.86. The van der Waals surface area contributed by atoms with E-state index in [0.717, 1.165) is 0 Å². The van der Waals surface area contributed by atoms with Crippen LogP contribution in [0.4, 0.5) is 14.9 Å². The standard InChI is InChI=1S/C15H19FN2O4/c1-22-13-7-6-11(8-12(13)16)18-15(21)17-10-4-2-9(3-5-10)14(19)20/h6-10H,2-5H2,1H3,(H,19,20)(H2,17,18,21). The van der Waals surface area contributed by atoms with E-state index in [2.05, 4.69) is 10.6 Å². The molecule has 1 aromatic carbocycles. The maximum Gasteiger partial charge on any atom is 0.319 e. The van der Waals surface area contributed by atoms with Crippen LogP contribution in [-0.2, 0) is 4.79 Å². The highest BCUT2D eigenvalue weighted by atomic mass is 19.1. The highest BCUT2D eigenvalue weighted by molar-refractivity contribution is 5.89. The molecule has 0 aromatic heterocycles. The molecule has 2 amide bonds. The third-order valence-corrected chi connectivity index (χ3v) is 3.82. The monoisotopic (exact) mass is 310 g/mol. The minimum atomic E-state index is -0.781. The van der Waals surface area contributed by atoms with Crippen molar-refractivity contribution in [1.82, 2.24) is 5.32 Å². The number of carboxylic acid groups (broad SMARTS) is 1. The van der Waals surface area contributed by atoms with Crippen LogP contribution in [0.2, 0.25) is 0 Å². The normalized spacial score (nSPS) is 21.0. The van der Waals surface area contributed by atoms with Gasteiger partial charge in [0.25, 0.3) is 0 Å². The van der Waals surface area contributed by atoms with Gasteiger partial charge in [0.05, 0.1) is 13.0 Å². The highest BCUT2D eigenvalue weighted by Gasteiger charge is 2.26. The Hall–Kier alpha value is -2.31. The van der Waals surface area contributed by atoms with Crippen molar-refractivity contribution in [1.29, 1.82) is 0 Å². The summed E-state index contributed by atoms with van der Waals surface area (Å²) in [5.74, 6) is -1.55. The van der Waals surface area contributed by atoms with E-state index in [4.69, 9.17) is 9.84 Å². The number of carbonyl (C=O) groups is 2. The summed E-state index contributed by atoms with van der Waals surface area (Å²) in [5, 5.41) is 14.3. The number of nitrogens with one attached hydrogen (secondary N) is 2. The molecule has 120 valence electrons. The predicted molar refractivity (Wildman–Crippen MR) is 78.5 cm³/mol. The number of benzene rings is 1. The zero-order valence-corrected chi connectivity index (χ0v) is 12.3. The van der Waals surface area contributed by atoms with Crippen molar-refractivity contribution in [2.75, 3.05) is 12.4 Å². The van der Waals surface area contributed by atoms with E-state index >= 15 is 0 Å². The van der Waals surface area contributed by atoms with Crippen LogP contribution in [0, 0.1) is 11.7 Å². The Morgan fingerprint density at radius 2 is 1.95 bits per heavy atom. The van der Waals surface area contributed by atoms with Gasteiger partial charge in [-0.15, -0.1) is 0 Å². The number of hydrogen-bond acceptors (Lipinski definition) is 3. The molecule has 0 bridgehead atoms. The summed E-state index contributed by atoms with van der Waals surface area (Å²) in [4.78, 5) is 22.7. The highest BCUT2D eigenvalue weighted by Crippen LogP contribution is 2.25. The first-order valence-electron chi connectivity index (χ1n) is 7.13. The molecule has 2 rings (SSSR count). The number of carboxylic acids is 1. The molecule has 22 heavy (non-hydrogen) atoms. The summed E-state index contributed by atoms with van der Waals surface area (Å²) in [6.07, 6.45) is 2.36. The first-order chi connectivity index (χ1) is 10.5. The van der Waals surface area contributed by atoms with Gasteiger partial charge in [0.15, 0.2) is 11.6 Å². The smallest absolute Gasteiger partial charge is 0.319 e. The fourth-order valence-electron chi connectivity index (χ4n) is 2.58. The van der Waals surface area contributed by atoms with Gasteiger partial charge in [-0.25, -0.2) is 9.18 Å². The van der Waals surface area contributed by atoms with E-state index in [1.807, 2.05) is 0 Å². The summed E-state index contributed by atoms with van der Waals surface area (Å²) in [6, 6.07) is 3.67. The molecule has 0 unspecified atom stereocenters. The summed E-state index contributed by atoms with van der Waals surface area (Å²) in [5.41, 5.74) is 0.329. The molecule has 0 saturated heterocycles. The molecule has 1 fully saturated rings. The summed E-state index contributed by atoms with van der Waals surface area (Å²) in [7, 11) is 1.37. The number of carbonyl (C=O) groups excluding carboxylic acids is 1. The molecule has 0 aliphatic heterocycles. The quantitative estimate of drug-likeness (QED) is 0.797. The number of methoxy groups -OCH3 is 1. The Morgan fingerprint density at radius 1 is 1.27 bits per heavy atom. The van der Waals surface area contributed by atoms with Crippen molar-refractivity contribution in [3.8, 4) is 5.75 Å². The number of amides is 2. The fourth-order valence-corrected chi connectivity index (χ4v) is 2.58. The number of hydrogen-bond donors (Lipinski definition) is 3. The van der Waals surface area contributed by atoms with Crippen LogP contribution >= 0.6 is 0 Å². The van der Waals surface area contributed by atoms with Crippen molar-refractivity contribution < 1.29 is 23.8 Å². The van der Waals surface area contributed by atoms with Gasteiger partial charge in [-0.3, -0.25) is 4.79 Å². The molecular weight excluding hydrogens is 291 g/mol. The number of ether oxygens (including phenoxy) is 1. The van der Waals surface area contributed by atoms with Crippen LogP contribution in [0.15, 0.2) is 18.2 Å². The molecule has 1 aliphatic carbocycles. The largest absolute Gasteiger partial charge is 0.494 e. The lowest BCUT2D eigenvalue weighted by molar-refractivity contribution is -0.142. The van der Waals surface area contributed by atoms with E-state index < -0.39 is 17.8 Å². The summed E-state index contributed by atoms with van der Waals surface area (Å²) < 4.78 is 18.3. The maximum absolute atomic E-state index is 13.5. The number of halogens is 1. The Kier molecular flexibility index (Phi) is 5.19. The molecular formula is C15H19FN2O4. The van der Waals surface area contributed by atoms with Gasteiger partial charge in [-0.2, -0.15) is 0 Å². The van der Waals surface area contributed by atoms with Gasteiger partial charge in [-0.05, 0) is 37.8 Å². The zero-order chi connectivity index (χ0) is 16.1. The van der Waals surface area contributed by atoms with E-state index in [1.165, 1.54) is 19.2 Å².